The van der Waals surface area contributed by atoms with Crippen LogP contribution < -0.4 is 4.18 Å². The van der Waals surface area contributed by atoms with Crippen LogP contribution in [-0.2, 0) is 19.8 Å². The van der Waals surface area contributed by atoms with E-state index in [1.807, 2.05) is 0 Å². The zero-order chi connectivity index (χ0) is 19.8. The molecular weight excluding hydrogens is 526 g/mol. The normalized spacial score (nSPS) is 15.6. The van der Waals surface area contributed by atoms with Crippen molar-refractivity contribution in [3.63, 3.8) is 0 Å². The molecule has 0 bridgehead atoms. The van der Waals surface area contributed by atoms with E-state index in [2.05, 4.69) is 41.9 Å². The van der Waals surface area contributed by atoms with Gasteiger partial charge >= 0.3 is 16.1 Å². The van der Waals surface area contributed by atoms with Gasteiger partial charge in [0.2, 0.25) is 0 Å². The molecule has 140 valence electrons. The van der Waals surface area contributed by atoms with Crippen LogP contribution in [0.1, 0.15) is 12.5 Å². The summed E-state index contributed by atoms with van der Waals surface area (Å²) in [6.07, 6.45) is 1.58. The number of rotatable bonds is 4. The van der Waals surface area contributed by atoms with Crippen LogP contribution in [0.3, 0.4) is 0 Å². The quantitative estimate of drug-likeness (QED) is 0.314. The fourth-order valence-electron chi connectivity index (χ4n) is 2.19. The molecule has 1 aliphatic heterocycles. The second-order valence-corrected chi connectivity index (χ2v) is 9.11. The summed E-state index contributed by atoms with van der Waals surface area (Å²) in [5.41, 5.74) is 1.39. The van der Waals surface area contributed by atoms with E-state index in [-0.39, 0.29) is 10.6 Å². The van der Waals surface area contributed by atoms with Crippen molar-refractivity contribution in [2.45, 2.75) is 11.8 Å². The van der Waals surface area contributed by atoms with Crippen LogP contribution in [0.2, 0.25) is 5.02 Å². The van der Waals surface area contributed by atoms with Crippen LogP contribution >= 0.6 is 43.5 Å². The summed E-state index contributed by atoms with van der Waals surface area (Å²) in [4.78, 5) is 16.2. The third-order valence-corrected chi connectivity index (χ3v) is 6.17. The van der Waals surface area contributed by atoms with E-state index in [1.165, 1.54) is 24.3 Å². The molecule has 0 amide bonds. The summed E-state index contributed by atoms with van der Waals surface area (Å²) < 4.78 is 31.0. The predicted molar refractivity (Wildman–Crippen MR) is 108 cm³/mol. The highest BCUT2D eigenvalue weighted by atomic mass is 79.9. The summed E-state index contributed by atoms with van der Waals surface area (Å²) >= 11 is 12.4. The van der Waals surface area contributed by atoms with Crippen LogP contribution in [0.4, 0.5) is 0 Å². The van der Waals surface area contributed by atoms with E-state index in [9.17, 15) is 13.2 Å². The van der Waals surface area contributed by atoms with Gasteiger partial charge < -0.3 is 9.02 Å². The summed E-state index contributed by atoms with van der Waals surface area (Å²) in [7, 11) is -4.06. The molecule has 3 rings (SSSR count). The summed E-state index contributed by atoms with van der Waals surface area (Å²) in [5.74, 6) is -0.475. The molecule has 0 spiro atoms. The average Bonchev–Trinajstić information content (AvgIpc) is 2.90. The molecule has 1 heterocycles. The van der Waals surface area contributed by atoms with Crippen LogP contribution in [-0.4, -0.2) is 20.1 Å². The largest absolute Gasteiger partial charge is 0.377 e. The Morgan fingerprint density at radius 1 is 1.15 bits per heavy atom. The number of hydrogen-bond donors (Lipinski definition) is 0. The van der Waals surface area contributed by atoms with Gasteiger partial charge in [0.05, 0.1) is 20.2 Å². The Kier molecular flexibility index (Phi) is 5.76. The topological polar surface area (TPSA) is 82.0 Å². The lowest BCUT2D eigenvalue weighted by Crippen LogP contribution is -2.10. The van der Waals surface area contributed by atoms with Crippen molar-refractivity contribution in [1.82, 2.24) is 0 Å². The molecule has 2 aromatic carbocycles. The lowest BCUT2D eigenvalue weighted by Gasteiger charge is -2.11. The van der Waals surface area contributed by atoms with Gasteiger partial charge in [0.25, 0.3) is 0 Å². The third-order valence-electron chi connectivity index (χ3n) is 3.50. The van der Waals surface area contributed by atoms with Gasteiger partial charge in [0.15, 0.2) is 5.75 Å². The maximum Gasteiger partial charge on any atom is 0.367 e. The number of hydrogen-bond acceptors (Lipinski definition) is 6. The first-order valence-corrected chi connectivity index (χ1v) is 10.7. The molecule has 2 aromatic rings. The lowest BCUT2D eigenvalue weighted by molar-refractivity contribution is -0.136. The molecule has 0 aromatic heterocycles. The molecule has 0 unspecified atom stereocenters. The van der Waals surface area contributed by atoms with Crippen molar-refractivity contribution in [2.75, 3.05) is 0 Å². The highest BCUT2D eigenvalue weighted by molar-refractivity contribution is 9.11. The number of carbonyl (C=O) groups excluding carboxylic acids is 1. The Labute approximate surface area is 177 Å². The van der Waals surface area contributed by atoms with Gasteiger partial charge in [-0.3, -0.25) is 0 Å². The number of oxime groups is 1. The van der Waals surface area contributed by atoms with Crippen LogP contribution in [0.25, 0.3) is 6.08 Å². The van der Waals surface area contributed by atoms with E-state index in [0.717, 1.165) is 0 Å². The van der Waals surface area contributed by atoms with Gasteiger partial charge in [0.1, 0.15) is 4.90 Å². The Morgan fingerprint density at radius 3 is 2.26 bits per heavy atom. The minimum absolute atomic E-state index is 0.0302. The van der Waals surface area contributed by atoms with E-state index >= 15 is 0 Å². The maximum absolute atomic E-state index is 12.5. The van der Waals surface area contributed by atoms with Crippen molar-refractivity contribution >= 4 is 71.3 Å². The maximum atomic E-state index is 12.5. The molecular formula is C17H10Br2ClNO5S. The molecule has 0 fully saturated rings. The van der Waals surface area contributed by atoms with Gasteiger partial charge in [-0.25, -0.2) is 4.79 Å². The van der Waals surface area contributed by atoms with Crippen molar-refractivity contribution in [3.8, 4) is 5.75 Å². The van der Waals surface area contributed by atoms with Crippen LogP contribution in [0.15, 0.2) is 61.0 Å². The lowest BCUT2D eigenvalue weighted by atomic mass is 10.1. The number of carbonyl (C=O) groups is 1. The Bertz CT molecular complexity index is 1070. The van der Waals surface area contributed by atoms with Crippen molar-refractivity contribution in [2.24, 2.45) is 5.16 Å². The predicted octanol–water partition coefficient (Wildman–Crippen LogP) is 4.95. The standard InChI is InChI=1S/C17H10Br2ClNO5S/c1-9-13(17(22)25-21-9)6-10-7-14(18)16(15(19)8-10)26-27(23,24)12-4-2-11(20)3-5-12/h2-8H,1H3/b13-6-. The molecule has 0 saturated heterocycles. The Morgan fingerprint density at radius 2 is 1.74 bits per heavy atom. The first-order chi connectivity index (χ1) is 12.7. The molecule has 1 aliphatic rings. The smallest absolute Gasteiger partial charge is 0.367 e. The SMILES string of the molecule is CC1=NOC(=O)/C1=C\c1cc(Br)c(OS(=O)(=O)c2ccc(Cl)cc2)c(Br)c1. The highest BCUT2D eigenvalue weighted by Crippen LogP contribution is 2.37. The zero-order valence-electron chi connectivity index (χ0n) is 13.6. The van der Waals surface area contributed by atoms with Gasteiger partial charge in [-0.2, -0.15) is 8.42 Å². The van der Waals surface area contributed by atoms with Crippen LogP contribution in [0.5, 0.6) is 5.75 Å². The summed E-state index contributed by atoms with van der Waals surface area (Å²) in [5, 5.41) is 4.02. The Balaban J connectivity index is 1.94. The summed E-state index contributed by atoms with van der Waals surface area (Å²) in [6.45, 7) is 1.65. The van der Waals surface area contributed by atoms with Gasteiger partial charge in [-0.15, -0.1) is 0 Å². The zero-order valence-corrected chi connectivity index (χ0v) is 18.3. The van der Waals surface area contributed by atoms with E-state index in [1.54, 1.807) is 25.1 Å². The minimum atomic E-state index is -4.06. The van der Waals surface area contributed by atoms with Gasteiger partial charge in [-0.1, -0.05) is 16.8 Å². The minimum Gasteiger partial charge on any atom is -0.377 e. The first kappa shape index (κ1) is 20.1. The molecule has 0 aliphatic carbocycles. The monoisotopic (exact) mass is 533 g/mol. The molecule has 10 heteroatoms. The van der Waals surface area contributed by atoms with E-state index in [0.29, 0.717) is 30.8 Å². The van der Waals surface area contributed by atoms with E-state index < -0.39 is 16.1 Å². The number of halogens is 3. The number of benzene rings is 2. The summed E-state index contributed by atoms with van der Waals surface area (Å²) in [6, 6.07) is 8.86. The first-order valence-electron chi connectivity index (χ1n) is 7.34. The molecule has 0 saturated carbocycles. The van der Waals surface area contributed by atoms with Crippen molar-refractivity contribution < 1.29 is 22.2 Å². The van der Waals surface area contributed by atoms with Gasteiger partial charge in [-0.05, 0) is 86.8 Å². The molecule has 0 N–H and O–H groups in total. The third kappa shape index (κ3) is 4.43. The second kappa shape index (κ2) is 7.75. The number of nitrogens with zero attached hydrogens (tertiary/aromatic N) is 1. The highest BCUT2D eigenvalue weighted by Gasteiger charge is 2.23. The van der Waals surface area contributed by atoms with Gasteiger partial charge in [0, 0.05) is 5.02 Å². The van der Waals surface area contributed by atoms with Crippen molar-refractivity contribution in [3.05, 3.63) is 61.5 Å². The molecule has 0 atom stereocenters. The molecule has 27 heavy (non-hydrogen) atoms. The Hall–Kier alpha value is -1.68. The average molecular weight is 536 g/mol. The molecule has 0 radical (unpaired) electrons. The van der Waals surface area contributed by atoms with Crippen molar-refractivity contribution in [1.29, 1.82) is 0 Å². The van der Waals surface area contributed by atoms with E-state index in [4.69, 9.17) is 15.8 Å². The fraction of sp³-hybridized carbons (Fsp3) is 0.0588. The molecule has 6 nitrogen and oxygen atoms in total. The fourth-order valence-corrected chi connectivity index (χ4v) is 4.88. The van der Waals surface area contributed by atoms with Crippen LogP contribution in [0, 0.1) is 0 Å². The second-order valence-electron chi connectivity index (χ2n) is 5.42.